The normalized spacial score (nSPS) is 17.8. The van der Waals surface area contributed by atoms with Crippen molar-refractivity contribution < 1.29 is 27.8 Å². The predicted molar refractivity (Wildman–Crippen MR) is 109 cm³/mol. The third kappa shape index (κ3) is 3.66. The van der Waals surface area contributed by atoms with E-state index in [2.05, 4.69) is 15.0 Å². The fraction of sp³-hybridized carbons (Fsp3) is 0.174. The van der Waals surface area contributed by atoms with Crippen LogP contribution in [0.1, 0.15) is 12.8 Å². The molecule has 2 aromatic carbocycles. The monoisotopic (exact) mass is 439 g/mol. The molecule has 1 aliphatic rings. The van der Waals surface area contributed by atoms with Crippen LogP contribution in [-0.2, 0) is 4.79 Å². The zero-order valence-corrected chi connectivity index (χ0v) is 16.5. The molecule has 9 heteroatoms. The van der Waals surface area contributed by atoms with Crippen LogP contribution in [0, 0.1) is 23.4 Å². The number of aromatic amines is 1. The zero-order valence-electron chi connectivity index (χ0n) is 16.5. The number of hydrogen-bond acceptors (Lipinski definition) is 4. The number of halogens is 3. The largest absolute Gasteiger partial charge is 0.481 e. The highest BCUT2D eigenvalue weighted by Crippen LogP contribution is 2.32. The third-order valence-electron chi connectivity index (χ3n) is 5.53. The van der Waals surface area contributed by atoms with Crippen molar-refractivity contribution in [2.45, 2.75) is 18.9 Å². The minimum Gasteiger partial charge on any atom is -0.481 e. The molecular formula is C23H16F3N3O3. The fourth-order valence-corrected chi connectivity index (χ4v) is 3.71. The van der Waals surface area contributed by atoms with Crippen molar-refractivity contribution in [1.29, 1.82) is 0 Å². The molecule has 4 aromatic rings. The van der Waals surface area contributed by atoms with Crippen molar-refractivity contribution in [1.82, 2.24) is 15.0 Å². The molecule has 2 heterocycles. The number of benzene rings is 2. The summed E-state index contributed by atoms with van der Waals surface area (Å²) < 4.78 is 47.8. The number of rotatable bonds is 5. The molecule has 0 unspecified atom stereocenters. The fourth-order valence-electron chi connectivity index (χ4n) is 3.71. The lowest BCUT2D eigenvalue weighted by atomic mass is 9.82. The number of carboxylic acids is 1. The maximum Gasteiger partial charge on any atom is 0.306 e. The van der Waals surface area contributed by atoms with E-state index in [1.54, 1.807) is 18.2 Å². The van der Waals surface area contributed by atoms with Gasteiger partial charge in [0.05, 0.1) is 17.0 Å². The predicted octanol–water partition coefficient (Wildman–Crippen LogP) is 4.95. The third-order valence-corrected chi connectivity index (χ3v) is 5.53. The van der Waals surface area contributed by atoms with E-state index in [9.17, 15) is 18.0 Å². The van der Waals surface area contributed by atoms with Gasteiger partial charge in [0, 0.05) is 23.9 Å². The highest BCUT2D eigenvalue weighted by atomic mass is 19.1. The second-order valence-electron chi connectivity index (χ2n) is 7.70. The number of aromatic nitrogens is 3. The maximum atomic E-state index is 14.8. The van der Waals surface area contributed by atoms with Gasteiger partial charge in [0.1, 0.15) is 29.1 Å². The topological polar surface area (TPSA) is 88.1 Å². The summed E-state index contributed by atoms with van der Waals surface area (Å²) in [4.78, 5) is 21.9. The van der Waals surface area contributed by atoms with Crippen LogP contribution in [0.4, 0.5) is 13.2 Å². The van der Waals surface area contributed by atoms with E-state index in [4.69, 9.17) is 9.84 Å². The molecule has 0 bridgehead atoms. The van der Waals surface area contributed by atoms with E-state index in [1.807, 2.05) is 0 Å². The number of nitrogens with one attached hydrogen (secondary N) is 1. The number of carboxylic acid groups (broad SMARTS) is 1. The second-order valence-corrected chi connectivity index (χ2v) is 7.70. The van der Waals surface area contributed by atoms with E-state index in [-0.39, 0.29) is 34.4 Å². The quantitative estimate of drug-likeness (QED) is 0.459. The minimum atomic E-state index is -0.826. The van der Waals surface area contributed by atoms with Gasteiger partial charge in [-0.15, -0.1) is 0 Å². The van der Waals surface area contributed by atoms with E-state index < -0.39 is 23.4 Å². The summed E-state index contributed by atoms with van der Waals surface area (Å²) in [5, 5.41) is 8.91. The molecule has 6 nitrogen and oxygen atoms in total. The molecule has 32 heavy (non-hydrogen) atoms. The van der Waals surface area contributed by atoms with Gasteiger partial charge < -0.3 is 14.8 Å². The Hall–Kier alpha value is -3.88. The van der Waals surface area contributed by atoms with Crippen LogP contribution in [-0.4, -0.2) is 32.1 Å². The van der Waals surface area contributed by atoms with Crippen LogP contribution in [0.15, 0.2) is 48.7 Å². The summed E-state index contributed by atoms with van der Waals surface area (Å²) in [6.07, 6.45) is 2.26. The van der Waals surface area contributed by atoms with Crippen LogP contribution in [0.25, 0.3) is 33.5 Å². The zero-order chi connectivity index (χ0) is 22.4. The molecule has 2 aromatic heterocycles. The second kappa shape index (κ2) is 7.67. The van der Waals surface area contributed by atoms with Crippen LogP contribution in [0.2, 0.25) is 0 Å². The lowest BCUT2D eigenvalue weighted by molar-refractivity contribution is -0.148. The first-order valence-corrected chi connectivity index (χ1v) is 9.88. The first-order valence-electron chi connectivity index (χ1n) is 9.88. The van der Waals surface area contributed by atoms with E-state index in [1.165, 1.54) is 18.3 Å². The Morgan fingerprint density at radius 1 is 1.03 bits per heavy atom. The van der Waals surface area contributed by atoms with Gasteiger partial charge in [-0.25, -0.2) is 23.1 Å². The molecule has 0 amide bonds. The number of aliphatic carboxylic acids is 1. The summed E-state index contributed by atoms with van der Waals surface area (Å²) >= 11 is 0. The van der Waals surface area contributed by atoms with Gasteiger partial charge in [-0.2, -0.15) is 0 Å². The van der Waals surface area contributed by atoms with Crippen molar-refractivity contribution >= 4 is 17.0 Å². The summed E-state index contributed by atoms with van der Waals surface area (Å²) in [6, 6.07) is 9.67. The highest BCUT2D eigenvalue weighted by molar-refractivity contribution is 5.80. The average Bonchev–Trinajstić information content (AvgIpc) is 3.14. The van der Waals surface area contributed by atoms with Gasteiger partial charge >= 0.3 is 5.97 Å². The molecule has 0 radical (unpaired) electrons. The molecule has 0 spiro atoms. The number of H-pyrrole nitrogens is 1. The molecule has 0 aliphatic heterocycles. The molecule has 0 saturated heterocycles. The summed E-state index contributed by atoms with van der Waals surface area (Å²) in [5.41, 5.74) is 1.41. The van der Waals surface area contributed by atoms with Crippen LogP contribution in [0.3, 0.4) is 0 Å². The van der Waals surface area contributed by atoms with Gasteiger partial charge in [-0.05, 0) is 42.7 Å². The van der Waals surface area contributed by atoms with Crippen molar-refractivity contribution in [3.05, 3.63) is 66.1 Å². The number of fused-ring (bicyclic) bond motifs is 1. The van der Waals surface area contributed by atoms with Crippen molar-refractivity contribution in [3.8, 4) is 28.4 Å². The first-order chi connectivity index (χ1) is 15.4. The first kappa shape index (κ1) is 20.0. The van der Waals surface area contributed by atoms with E-state index >= 15 is 0 Å². The number of ether oxygens (including phenoxy) is 1. The van der Waals surface area contributed by atoms with Crippen LogP contribution >= 0.6 is 0 Å². The molecule has 1 fully saturated rings. The Balaban J connectivity index is 1.34. The molecule has 2 N–H and O–H groups in total. The number of hydrogen-bond donors (Lipinski definition) is 2. The van der Waals surface area contributed by atoms with Gasteiger partial charge in [-0.3, -0.25) is 4.79 Å². The Labute approximate surface area is 179 Å². The Morgan fingerprint density at radius 2 is 1.81 bits per heavy atom. The van der Waals surface area contributed by atoms with Gasteiger partial charge in [0.2, 0.25) is 5.88 Å². The van der Waals surface area contributed by atoms with E-state index in [0.29, 0.717) is 29.8 Å². The molecule has 5 rings (SSSR count). The molecule has 0 atom stereocenters. The Bertz CT molecular complexity index is 1330. The van der Waals surface area contributed by atoms with Crippen LogP contribution < -0.4 is 4.74 Å². The number of imidazole rings is 1. The number of pyridine rings is 1. The smallest absolute Gasteiger partial charge is 0.306 e. The molecule has 162 valence electrons. The standard InChI is InChI=1S/C23H16F3N3O3/c24-14-8-18(26)21-19(9-14)28-22(29-21)16-3-1-11(7-17(16)25)12-2-4-20(27-10-12)32-15-5-13(6-15)23(30)31/h1-4,7-10,13,15H,5-6H2,(H,28,29)(H,30,31)/t13-,15+. The number of carbonyl (C=O) groups is 1. The lowest BCUT2D eigenvalue weighted by Gasteiger charge is -2.31. The molecular weight excluding hydrogens is 423 g/mol. The van der Waals surface area contributed by atoms with Gasteiger partial charge in [-0.1, -0.05) is 6.07 Å². The molecule has 1 aliphatic carbocycles. The van der Waals surface area contributed by atoms with Gasteiger partial charge in [0.15, 0.2) is 5.82 Å². The Morgan fingerprint density at radius 3 is 2.50 bits per heavy atom. The lowest BCUT2D eigenvalue weighted by Crippen LogP contribution is -2.38. The van der Waals surface area contributed by atoms with Gasteiger partial charge in [0.25, 0.3) is 0 Å². The SMILES string of the molecule is O=C(O)[C@H]1C[C@@H](Oc2ccc(-c3ccc(-c4nc5c(F)cc(F)cc5[nH]4)c(F)c3)cn2)C1. The van der Waals surface area contributed by atoms with Crippen molar-refractivity contribution in [2.24, 2.45) is 5.92 Å². The minimum absolute atomic E-state index is 0.0641. The van der Waals surface area contributed by atoms with Crippen LogP contribution in [0.5, 0.6) is 5.88 Å². The molecule has 1 saturated carbocycles. The van der Waals surface area contributed by atoms with Crippen molar-refractivity contribution in [3.63, 3.8) is 0 Å². The summed E-state index contributed by atoms with van der Waals surface area (Å²) in [5.74, 6) is -2.89. The summed E-state index contributed by atoms with van der Waals surface area (Å²) in [6.45, 7) is 0. The average molecular weight is 439 g/mol. The van der Waals surface area contributed by atoms with Crippen molar-refractivity contribution in [2.75, 3.05) is 0 Å². The number of nitrogens with zero attached hydrogens (tertiary/aromatic N) is 2. The summed E-state index contributed by atoms with van der Waals surface area (Å²) in [7, 11) is 0. The Kier molecular flexibility index (Phi) is 4.80. The highest BCUT2D eigenvalue weighted by Gasteiger charge is 2.36. The van der Waals surface area contributed by atoms with E-state index in [0.717, 1.165) is 12.1 Å². The maximum absolute atomic E-state index is 14.8.